The molecular formula is C15H13N3O2S. The molecule has 0 atom stereocenters. The molecule has 0 saturated carbocycles. The molecule has 0 saturated heterocycles. The van der Waals surface area contributed by atoms with Crippen molar-refractivity contribution in [3.05, 3.63) is 57.0 Å². The maximum atomic E-state index is 12.4. The molecule has 0 spiro atoms. The van der Waals surface area contributed by atoms with Crippen LogP contribution in [0.3, 0.4) is 0 Å². The number of H-pyrrole nitrogens is 1. The van der Waals surface area contributed by atoms with Crippen molar-refractivity contribution in [3.8, 4) is 0 Å². The van der Waals surface area contributed by atoms with Gasteiger partial charge in [-0.2, -0.15) is 0 Å². The van der Waals surface area contributed by atoms with E-state index in [0.29, 0.717) is 20.7 Å². The first-order chi connectivity index (χ1) is 10.1. The molecule has 2 heterocycles. The Hall–Kier alpha value is -2.47. The molecular weight excluding hydrogens is 286 g/mol. The van der Waals surface area contributed by atoms with Crippen molar-refractivity contribution in [3.63, 3.8) is 0 Å². The second-order valence-corrected chi connectivity index (χ2v) is 5.79. The monoisotopic (exact) mass is 299 g/mol. The zero-order valence-corrected chi connectivity index (χ0v) is 12.4. The SMILES string of the molecule is Cc1ccc(NC(=O)c2sc3nc[nH]c(=O)c3c2C)cc1. The van der Waals surface area contributed by atoms with E-state index < -0.39 is 0 Å². The van der Waals surface area contributed by atoms with Crippen LogP contribution in [0.2, 0.25) is 0 Å². The Morgan fingerprint density at radius 1 is 1.24 bits per heavy atom. The Bertz CT molecular complexity index is 878. The van der Waals surface area contributed by atoms with E-state index in [1.165, 1.54) is 17.7 Å². The number of fused-ring (bicyclic) bond motifs is 1. The zero-order chi connectivity index (χ0) is 15.0. The van der Waals surface area contributed by atoms with Gasteiger partial charge in [-0.1, -0.05) is 17.7 Å². The van der Waals surface area contributed by atoms with Gasteiger partial charge in [-0.15, -0.1) is 11.3 Å². The van der Waals surface area contributed by atoms with Gasteiger partial charge in [0.05, 0.1) is 16.6 Å². The van der Waals surface area contributed by atoms with Gasteiger partial charge < -0.3 is 10.3 Å². The molecule has 2 aromatic heterocycles. The molecule has 3 aromatic rings. The number of benzene rings is 1. The Morgan fingerprint density at radius 3 is 2.62 bits per heavy atom. The maximum Gasteiger partial charge on any atom is 0.266 e. The lowest BCUT2D eigenvalue weighted by molar-refractivity contribution is 0.103. The summed E-state index contributed by atoms with van der Waals surface area (Å²) in [6, 6.07) is 7.56. The van der Waals surface area contributed by atoms with Gasteiger partial charge in [0, 0.05) is 5.69 Å². The minimum absolute atomic E-state index is 0.219. The van der Waals surface area contributed by atoms with Crippen LogP contribution in [0.25, 0.3) is 10.2 Å². The quantitative estimate of drug-likeness (QED) is 0.764. The average molecular weight is 299 g/mol. The fourth-order valence-electron chi connectivity index (χ4n) is 2.12. The number of anilines is 1. The molecule has 106 valence electrons. The zero-order valence-electron chi connectivity index (χ0n) is 11.6. The molecule has 6 heteroatoms. The molecule has 0 unspecified atom stereocenters. The molecule has 0 radical (unpaired) electrons. The van der Waals surface area contributed by atoms with Crippen molar-refractivity contribution in [1.82, 2.24) is 9.97 Å². The highest BCUT2D eigenvalue weighted by Gasteiger charge is 2.18. The number of hydrogen-bond donors (Lipinski definition) is 2. The standard InChI is InChI=1S/C15H13N3O2S/c1-8-3-5-10(6-4-8)18-14(20)12-9(2)11-13(19)16-7-17-15(11)21-12/h3-7H,1-2H3,(H,18,20)(H,16,17,19). The fourth-order valence-corrected chi connectivity index (χ4v) is 3.17. The number of hydrogen-bond acceptors (Lipinski definition) is 4. The van der Waals surface area contributed by atoms with E-state index in [1.807, 2.05) is 31.2 Å². The lowest BCUT2D eigenvalue weighted by atomic mass is 10.2. The van der Waals surface area contributed by atoms with Crippen LogP contribution >= 0.6 is 11.3 Å². The predicted octanol–water partition coefficient (Wildman–Crippen LogP) is 2.85. The van der Waals surface area contributed by atoms with E-state index >= 15 is 0 Å². The number of nitrogens with zero attached hydrogens (tertiary/aromatic N) is 1. The first-order valence-electron chi connectivity index (χ1n) is 6.41. The summed E-state index contributed by atoms with van der Waals surface area (Å²) in [6.45, 7) is 3.75. The second kappa shape index (κ2) is 5.14. The van der Waals surface area contributed by atoms with Crippen molar-refractivity contribution in [2.24, 2.45) is 0 Å². The normalized spacial score (nSPS) is 10.8. The molecule has 1 amide bonds. The highest BCUT2D eigenvalue weighted by Crippen LogP contribution is 2.27. The summed E-state index contributed by atoms with van der Waals surface area (Å²) in [5, 5.41) is 3.32. The summed E-state index contributed by atoms with van der Waals surface area (Å²) in [7, 11) is 0. The van der Waals surface area contributed by atoms with E-state index in [-0.39, 0.29) is 11.5 Å². The Kier molecular flexibility index (Phi) is 3.31. The van der Waals surface area contributed by atoms with Crippen LogP contribution in [0, 0.1) is 13.8 Å². The van der Waals surface area contributed by atoms with Crippen molar-refractivity contribution in [2.45, 2.75) is 13.8 Å². The lowest BCUT2D eigenvalue weighted by Gasteiger charge is -2.04. The van der Waals surface area contributed by atoms with Gasteiger partial charge in [-0.3, -0.25) is 9.59 Å². The van der Waals surface area contributed by atoms with Crippen LogP contribution in [0.1, 0.15) is 20.8 Å². The third-order valence-electron chi connectivity index (χ3n) is 3.25. The number of aromatic nitrogens is 2. The highest BCUT2D eigenvalue weighted by molar-refractivity contribution is 7.20. The van der Waals surface area contributed by atoms with Crippen molar-refractivity contribution in [1.29, 1.82) is 0 Å². The molecule has 21 heavy (non-hydrogen) atoms. The van der Waals surface area contributed by atoms with E-state index in [0.717, 1.165) is 11.3 Å². The van der Waals surface area contributed by atoms with Gasteiger partial charge in [0.25, 0.3) is 11.5 Å². The van der Waals surface area contributed by atoms with Crippen molar-refractivity contribution >= 4 is 33.1 Å². The van der Waals surface area contributed by atoms with Gasteiger partial charge in [0.1, 0.15) is 4.83 Å². The molecule has 5 nitrogen and oxygen atoms in total. The fraction of sp³-hybridized carbons (Fsp3) is 0.133. The molecule has 0 aliphatic heterocycles. The minimum Gasteiger partial charge on any atom is -0.321 e. The summed E-state index contributed by atoms with van der Waals surface area (Å²) < 4.78 is 0. The summed E-state index contributed by atoms with van der Waals surface area (Å²) in [6.07, 6.45) is 1.35. The number of carbonyl (C=O) groups excluding carboxylic acids is 1. The molecule has 0 aliphatic carbocycles. The third kappa shape index (κ3) is 2.45. The predicted molar refractivity (Wildman–Crippen MR) is 84.1 cm³/mol. The van der Waals surface area contributed by atoms with Crippen LogP contribution in [0.4, 0.5) is 5.69 Å². The first-order valence-corrected chi connectivity index (χ1v) is 7.22. The molecule has 0 aliphatic rings. The largest absolute Gasteiger partial charge is 0.321 e. The summed E-state index contributed by atoms with van der Waals surface area (Å²) in [4.78, 5) is 31.9. The lowest BCUT2D eigenvalue weighted by Crippen LogP contribution is -2.12. The van der Waals surface area contributed by atoms with E-state index in [2.05, 4.69) is 15.3 Å². The highest BCUT2D eigenvalue weighted by atomic mass is 32.1. The van der Waals surface area contributed by atoms with E-state index in [1.54, 1.807) is 6.92 Å². The number of carbonyl (C=O) groups is 1. The average Bonchev–Trinajstić information content (AvgIpc) is 2.80. The summed E-state index contributed by atoms with van der Waals surface area (Å²) >= 11 is 1.23. The number of nitrogens with one attached hydrogen (secondary N) is 2. The Labute approximate surface area is 124 Å². The van der Waals surface area contributed by atoms with Crippen LogP contribution in [-0.2, 0) is 0 Å². The van der Waals surface area contributed by atoms with E-state index in [9.17, 15) is 9.59 Å². The van der Waals surface area contributed by atoms with Gasteiger partial charge in [0.2, 0.25) is 0 Å². The molecule has 1 aromatic carbocycles. The molecule has 0 bridgehead atoms. The minimum atomic E-state index is -0.223. The van der Waals surface area contributed by atoms with E-state index in [4.69, 9.17) is 0 Å². The van der Waals surface area contributed by atoms with Gasteiger partial charge in [0.15, 0.2) is 0 Å². The smallest absolute Gasteiger partial charge is 0.266 e. The number of amides is 1. The number of rotatable bonds is 2. The summed E-state index contributed by atoms with van der Waals surface area (Å²) in [5.74, 6) is -0.223. The van der Waals surface area contributed by atoms with Crippen LogP contribution < -0.4 is 10.9 Å². The topological polar surface area (TPSA) is 74.8 Å². The second-order valence-electron chi connectivity index (χ2n) is 4.79. The Balaban J connectivity index is 1.98. The van der Waals surface area contributed by atoms with Gasteiger partial charge in [-0.25, -0.2) is 4.98 Å². The van der Waals surface area contributed by atoms with Gasteiger partial charge >= 0.3 is 0 Å². The number of aromatic amines is 1. The Morgan fingerprint density at radius 2 is 1.95 bits per heavy atom. The molecule has 2 N–H and O–H groups in total. The molecule has 0 fully saturated rings. The summed E-state index contributed by atoms with van der Waals surface area (Å²) in [5.41, 5.74) is 2.29. The van der Waals surface area contributed by atoms with Crippen molar-refractivity contribution < 1.29 is 4.79 Å². The third-order valence-corrected chi connectivity index (χ3v) is 4.45. The van der Waals surface area contributed by atoms with Crippen LogP contribution in [0.15, 0.2) is 35.4 Å². The van der Waals surface area contributed by atoms with Crippen LogP contribution in [-0.4, -0.2) is 15.9 Å². The van der Waals surface area contributed by atoms with Crippen molar-refractivity contribution in [2.75, 3.05) is 5.32 Å². The first kappa shape index (κ1) is 13.5. The maximum absolute atomic E-state index is 12.4. The number of aryl methyl sites for hydroxylation is 2. The van der Waals surface area contributed by atoms with Gasteiger partial charge in [-0.05, 0) is 31.5 Å². The van der Waals surface area contributed by atoms with Crippen LogP contribution in [0.5, 0.6) is 0 Å². The number of thiophene rings is 1. The molecule has 3 rings (SSSR count).